The van der Waals surface area contributed by atoms with Crippen LogP contribution in [0.2, 0.25) is 0 Å². The molecule has 3 heterocycles. The zero-order valence-electron chi connectivity index (χ0n) is 15.5. The average molecular weight is 381 g/mol. The molecule has 6 heteroatoms. The predicted octanol–water partition coefficient (Wildman–Crippen LogP) is 3.45. The van der Waals surface area contributed by atoms with Crippen molar-refractivity contribution in [3.8, 4) is 11.3 Å². The number of aromatic amines is 1. The fourth-order valence-corrected chi connectivity index (χ4v) is 4.06. The van der Waals surface area contributed by atoms with E-state index in [1.165, 1.54) is 5.56 Å². The van der Waals surface area contributed by atoms with E-state index < -0.39 is 0 Å². The summed E-state index contributed by atoms with van der Waals surface area (Å²) in [5.74, 6) is 0.0795. The molecule has 4 rings (SSSR count). The number of carbonyl (C=O) groups excluding carboxylic acids is 1. The zero-order valence-corrected chi connectivity index (χ0v) is 16.3. The molecule has 0 bridgehead atoms. The van der Waals surface area contributed by atoms with Crippen molar-refractivity contribution >= 4 is 17.2 Å². The molecule has 0 unspecified atom stereocenters. The number of hydrogen-bond donors (Lipinski definition) is 1. The summed E-state index contributed by atoms with van der Waals surface area (Å²) in [4.78, 5) is 24.8. The molecule has 2 aromatic heterocycles. The minimum atomic E-state index is 0.0795. The third-order valence-corrected chi connectivity index (χ3v) is 5.82. The molecule has 140 valence electrons. The van der Waals surface area contributed by atoms with Gasteiger partial charge in [-0.25, -0.2) is 4.98 Å². The topological polar surface area (TPSA) is 52.2 Å². The van der Waals surface area contributed by atoms with Gasteiger partial charge in [0, 0.05) is 49.9 Å². The van der Waals surface area contributed by atoms with E-state index in [0.717, 1.165) is 55.4 Å². The summed E-state index contributed by atoms with van der Waals surface area (Å²) in [6, 6.07) is 12.5. The zero-order chi connectivity index (χ0) is 18.6. The van der Waals surface area contributed by atoms with Crippen molar-refractivity contribution in [1.82, 2.24) is 19.8 Å². The number of hydrogen-bond acceptors (Lipinski definition) is 4. The first-order valence-electron chi connectivity index (χ1n) is 9.35. The highest BCUT2D eigenvalue weighted by Crippen LogP contribution is 2.23. The Kier molecular flexibility index (Phi) is 5.36. The molecule has 27 heavy (non-hydrogen) atoms. The van der Waals surface area contributed by atoms with Gasteiger partial charge >= 0.3 is 0 Å². The first-order valence-corrected chi connectivity index (χ1v) is 10.2. The maximum Gasteiger partial charge on any atom is 0.270 e. The summed E-state index contributed by atoms with van der Waals surface area (Å²) >= 11 is 1.62. The Morgan fingerprint density at radius 2 is 1.96 bits per heavy atom. The predicted molar refractivity (Wildman–Crippen MR) is 109 cm³/mol. The van der Waals surface area contributed by atoms with Crippen molar-refractivity contribution < 1.29 is 4.79 Å². The molecule has 3 aromatic rings. The van der Waals surface area contributed by atoms with E-state index in [9.17, 15) is 4.79 Å². The largest absolute Gasteiger partial charge is 0.357 e. The third kappa shape index (κ3) is 4.28. The molecule has 1 saturated heterocycles. The van der Waals surface area contributed by atoms with Gasteiger partial charge in [0.05, 0.1) is 10.7 Å². The highest BCUT2D eigenvalue weighted by molar-refractivity contribution is 7.09. The maximum atomic E-state index is 12.8. The summed E-state index contributed by atoms with van der Waals surface area (Å²) in [6.07, 6.45) is 2.93. The van der Waals surface area contributed by atoms with E-state index in [4.69, 9.17) is 0 Å². The number of nitrogens with zero attached hydrogens (tertiary/aromatic N) is 3. The van der Waals surface area contributed by atoms with Crippen LogP contribution in [0.25, 0.3) is 11.3 Å². The van der Waals surface area contributed by atoms with Gasteiger partial charge in [0.25, 0.3) is 5.91 Å². The van der Waals surface area contributed by atoms with Crippen LogP contribution in [0, 0.1) is 6.92 Å². The number of piperazine rings is 1. The summed E-state index contributed by atoms with van der Waals surface area (Å²) in [5, 5.41) is 3.06. The van der Waals surface area contributed by atoms with Crippen LogP contribution in [-0.4, -0.2) is 58.4 Å². The molecule has 1 aromatic carbocycles. The summed E-state index contributed by atoms with van der Waals surface area (Å²) < 4.78 is 0. The Morgan fingerprint density at radius 3 is 2.67 bits per heavy atom. The highest BCUT2D eigenvalue weighted by Gasteiger charge is 2.23. The van der Waals surface area contributed by atoms with Gasteiger partial charge in [0.1, 0.15) is 5.69 Å². The molecule has 0 saturated carbocycles. The molecule has 5 nitrogen and oxygen atoms in total. The first kappa shape index (κ1) is 17.9. The number of rotatable bonds is 5. The van der Waals surface area contributed by atoms with Gasteiger partial charge in [-0.15, -0.1) is 11.3 Å². The number of H-pyrrole nitrogens is 1. The standard InChI is InChI=1S/C21H24N4OS/c1-16-23-20(15-27-16)18-13-19(22-14-18)21(26)25-11-9-24(10-12-25)8-7-17-5-3-2-4-6-17/h2-6,13-15,22H,7-12H2,1H3. The second-order valence-electron chi connectivity index (χ2n) is 6.92. The molecule has 0 spiro atoms. The Morgan fingerprint density at radius 1 is 1.19 bits per heavy atom. The lowest BCUT2D eigenvalue weighted by Crippen LogP contribution is -2.49. The Hall–Kier alpha value is -2.44. The molecule has 1 aliphatic heterocycles. The van der Waals surface area contributed by atoms with Gasteiger partial charge in [0.15, 0.2) is 0 Å². The number of carbonyl (C=O) groups is 1. The maximum absolute atomic E-state index is 12.8. The van der Waals surface area contributed by atoms with E-state index >= 15 is 0 Å². The highest BCUT2D eigenvalue weighted by atomic mass is 32.1. The first-order chi connectivity index (χ1) is 13.2. The second kappa shape index (κ2) is 8.06. The van der Waals surface area contributed by atoms with Crippen LogP contribution in [0.4, 0.5) is 0 Å². The molecular formula is C21H24N4OS. The van der Waals surface area contributed by atoms with Gasteiger partial charge in [0.2, 0.25) is 0 Å². The van der Waals surface area contributed by atoms with Gasteiger partial charge in [-0.1, -0.05) is 30.3 Å². The summed E-state index contributed by atoms with van der Waals surface area (Å²) in [5.41, 5.74) is 3.92. The minimum absolute atomic E-state index is 0.0795. The second-order valence-corrected chi connectivity index (χ2v) is 7.99. The number of thiazole rings is 1. The van der Waals surface area contributed by atoms with Gasteiger partial charge in [-0.2, -0.15) is 0 Å². The quantitative estimate of drug-likeness (QED) is 0.738. The molecule has 1 fully saturated rings. The SMILES string of the molecule is Cc1nc(-c2c[nH]c(C(=O)N3CCN(CCc4ccccc4)CC3)c2)cs1. The van der Waals surface area contributed by atoms with Crippen LogP contribution in [0.1, 0.15) is 21.1 Å². The normalized spacial score (nSPS) is 15.2. The van der Waals surface area contributed by atoms with Crippen molar-refractivity contribution in [2.45, 2.75) is 13.3 Å². The van der Waals surface area contributed by atoms with Gasteiger partial charge in [-0.05, 0) is 25.0 Å². The number of nitrogens with one attached hydrogen (secondary N) is 1. The molecule has 1 amide bonds. The lowest BCUT2D eigenvalue weighted by atomic mass is 10.1. The average Bonchev–Trinajstić information content (AvgIpc) is 3.36. The van der Waals surface area contributed by atoms with Crippen molar-refractivity contribution in [3.05, 3.63) is 64.2 Å². The Balaban J connectivity index is 1.30. The Labute approximate surface area is 163 Å². The fraction of sp³-hybridized carbons (Fsp3) is 0.333. The number of benzene rings is 1. The lowest BCUT2D eigenvalue weighted by molar-refractivity contribution is 0.0633. The molecule has 0 radical (unpaired) electrons. The molecular weight excluding hydrogens is 356 g/mol. The lowest BCUT2D eigenvalue weighted by Gasteiger charge is -2.34. The molecule has 0 atom stereocenters. The van der Waals surface area contributed by atoms with E-state index in [1.807, 2.05) is 29.5 Å². The third-order valence-electron chi connectivity index (χ3n) is 5.05. The van der Waals surface area contributed by atoms with Crippen molar-refractivity contribution in [3.63, 3.8) is 0 Å². The smallest absolute Gasteiger partial charge is 0.270 e. The van der Waals surface area contributed by atoms with Gasteiger partial charge < -0.3 is 9.88 Å². The number of aromatic nitrogens is 2. The Bertz CT molecular complexity index is 894. The van der Waals surface area contributed by atoms with Crippen LogP contribution in [0.3, 0.4) is 0 Å². The van der Waals surface area contributed by atoms with E-state index in [1.54, 1.807) is 11.3 Å². The van der Waals surface area contributed by atoms with Crippen molar-refractivity contribution in [1.29, 1.82) is 0 Å². The van der Waals surface area contributed by atoms with E-state index in [-0.39, 0.29) is 5.91 Å². The molecule has 1 aliphatic rings. The van der Waals surface area contributed by atoms with Crippen LogP contribution in [0.15, 0.2) is 48.0 Å². The van der Waals surface area contributed by atoms with Crippen LogP contribution >= 0.6 is 11.3 Å². The fourth-order valence-electron chi connectivity index (χ4n) is 3.44. The summed E-state index contributed by atoms with van der Waals surface area (Å²) in [6.45, 7) is 6.44. The molecule has 0 aliphatic carbocycles. The van der Waals surface area contributed by atoms with Crippen LogP contribution in [0.5, 0.6) is 0 Å². The molecule has 1 N–H and O–H groups in total. The van der Waals surface area contributed by atoms with Crippen LogP contribution in [-0.2, 0) is 6.42 Å². The van der Waals surface area contributed by atoms with Crippen LogP contribution < -0.4 is 0 Å². The van der Waals surface area contributed by atoms with E-state index in [2.05, 4.69) is 45.2 Å². The summed E-state index contributed by atoms with van der Waals surface area (Å²) in [7, 11) is 0. The van der Waals surface area contributed by atoms with Crippen molar-refractivity contribution in [2.24, 2.45) is 0 Å². The monoisotopic (exact) mass is 380 g/mol. The van der Waals surface area contributed by atoms with E-state index in [0.29, 0.717) is 5.69 Å². The number of aryl methyl sites for hydroxylation is 1. The number of amides is 1. The van der Waals surface area contributed by atoms with Crippen molar-refractivity contribution in [2.75, 3.05) is 32.7 Å². The van der Waals surface area contributed by atoms with Gasteiger partial charge in [-0.3, -0.25) is 9.69 Å². The minimum Gasteiger partial charge on any atom is -0.357 e.